The quantitative estimate of drug-likeness (QED) is 0.515. The van der Waals surface area contributed by atoms with Gasteiger partial charge in [0.25, 0.3) is 0 Å². The first kappa shape index (κ1) is 22.8. The van der Waals surface area contributed by atoms with E-state index >= 15 is 0 Å². The average molecular weight is 447 g/mol. The summed E-state index contributed by atoms with van der Waals surface area (Å²) in [7, 11) is 1.59. The molecule has 0 spiro atoms. The van der Waals surface area contributed by atoms with Gasteiger partial charge < -0.3 is 14.1 Å². The molecule has 6 nitrogen and oxygen atoms in total. The van der Waals surface area contributed by atoms with Crippen molar-refractivity contribution < 1.29 is 13.9 Å². The zero-order valence-electron chi connectivity index (χ0n) is 19.3. The molecule has 4 rings (SSSR count). The summed E-state index contributed by atoms with van der Waals surface area (Å²) in [5.41, 5.74) is 3.13. The predicted octanol–water partition coefficient (Wildman–Crippen LogP) is 3.90. The summed E-state index contributed by atoms with van der Waals surface area (Å²) in [6, 6.07) is 15.5. The highest BCUT2D eigenvalue weighted by molar-refractivity contribution is 5.83. The lowest BCUT2D eigenvalue weighted by molar-refractivity contribution is -0.132. The number of benzene rings is 2. The van der Waals surface area contributed by atoms with Crippen LogP contribution in [0, 0.1) is 6.92 Å². The summed E-state index contributed by atoms with van der Waals surface area (Å²) < 4.78 is 10.8. The van der Waals surface area contributed by atoms with Crippen molar-refractivity contribution in [3.63, 3.8) is 0 Å². The lowest BCUT2D eigenvalue weighted by Gasteiger charge is -2.34. The van der Waals surface area contributed by atoms with Crippen LogP contribution in [-0.4, -0.2) is 55.5 Å². The van der Waals surface area contributed by atoms with Gasteiger partial charge >= 0.3 is 5.63 Å². The van der Waals surface area contributed by atoms with Gasteiger partial charge in [0.1, 0.15) is 11.3 Å². The fourth-order valence-electron chi connectivity index (χ4n) is 4.26. The maximum Gasteiger partial charge on any atom is 0.336 e. The van der Waals surface area contributed by atoms with E-state index in [1.54, 1.807) is 13.2 Å². The molecule has 0 saturated carbocycles. The molecule has 3 aromatic rings. The van der Waals surface area contributed by atoms with Crippen LogP contribution in [0.2, 0.25) is 0 Å². The van der Waals surface area contributed by atoms with E-state index in [0.29, 0.717) is 24.2 Å². The molecule has 1 aliphatic heterocycles. The van der Waals surface area contributed by atoms with Gasteiger partial charge in [-0.2, -0.15) is 0 Å². The van der Waals surface area contributed by atoms with Gasteiger partial charge in [0.2, 0.25) is 5.91 Å². The van der Waals surface area contributed by atoms with E-state index in [1.165, 1.54) is 11.6 Å². The first-order valence-electron chi connectivity index (χ1n) is 11.4. The third-order valence-electron chi connectivity index (χ3n) is 6.16. The normalized spacial score (nSPS) is 14.8. The first-order valence-corrected chi connectivity index (χ1v) is 11.4. The van der Waals surface area contributed by atoms with E-state index in [0.717, 1.165) is 49.2 Å². The van der Waals surface area contributed by atoms with Crippen molar-refractivity contribution in [2.45, 2.75) is 19.8 Å². The minimum atomic E-state index is -0.375. The zero-order chi connectivity index (χ0) is 23.2. The predicted molar refractivity (Wildman–Crippen MR) is 131 cm³/mol. The van der Waals surface area contributed by atoms with E-state index in [2.05, 4.69) is 29.2 Å². The topological polar surface area (TPSA) is 63.0 Å². The van der Waals surface area contributed by atoms with Crippen molar-refractivity contribution in [3.05, 3.63) is 81.7 Å². The van der Waals surface area contributed by atoms with Crippen molar-refractivity contribution in [3.8, 4) is 5.75 Å². The van der Waals surface area contributed by atoms with E-state index in [1.807, 2.05) is 36.1 Å². The Hall–Kier alpha value is -3.38. The van der Waals surface area contributed by atoms with E-state index < -0.39 is 0 Å². The number of ether oxygens (including phenoxy) is 1. The Kier molecular flexibility index (Phi) is 7.25. The summed E-state index contributed by atoms with van der Waals surface area (Å²) in [5.74, 6) is 0.798. The van der Waals surface area contributed by atoms with Gasteiger partial charge in [-0.15, -0.1) is 0 Å². The van der Waals surface area contributed by atoms with Gasteiger partial charge in [-0.25, -0.2) is 4.79 Å². The Morgan fingerprint density at radius 3 is 2.58 bits per heavy atom. The molecule has 0 N–H and O–H groups in total. The maximum absolute atomic E-state index is 12.8. The molecule has 0 radical (unpaired) electrons. The smallest absolute Gasteiger partial charge is 0.336 e. The highest BCUT2D eigenvalue weighted by Crippen LogP contribution is 2.28. The van der Waals surface area contributed by atoms with E-state index in [-0.39, 0.29) is 11.5 Å². The Morgan fingerprint density at radius 2 is 1.85 bits per heavy atom. The van der Waals surface area contributed by atoms with E-state index in [4.69, 9.17) is 9.15 Å². The molecule has 1 saturated heterocycles. The van der Waals surface area contributed by atoms with Crippen LogP contribution < -0.4 is 10.4 Å². The standard InChI is InChI=1S/C27H30N2O4/c1-20-17-27(31)33-25-19-24(32-2)22(18-23(20)25)10-11-26(30)29-15-13-28(14-16-29)12-6-9-21-7-4-3-5-8-21/h3-9,17-19H,10-16H2,1-2H3/b9-6+. The molecule has 2 heterocycles. The lowest BCUT2D eigenvalue weighted by atomic mass is 10.0. The number of piperazine rings is 1. The van der Waals surface area contributed by atoms with Crippen molar-refractivity contribution in [1.29, 1.82) is 0 Å². The summed E-state index contributed by atoms with van der Waals surface area (Å²) in [5, 5.41) is 0.870. The second-order valence-electron chi connectivity index (χ2n) is 8.40. The average Bonchev–Trinajstić information content (AvgIpc) is 2.83. The highest BCUT2D eigenvalue weighted by Gasteiger charge is 2.21. The van der Waals surface area contributed by atoms with Gasteiger partial charge in [-0.05, 0) is 36.1 Å². The fourth-order valence-corrected chi connectivity index (χ4v) is 4.26. The molecule has 6 heteroatoms. The molecule has 1 fully saturated rings. The number of rotatable bonds is 7. The molecule has 2 aromatic carbocycles. The first-order chi connectivity index (χ1) is 16.0. The zero-order valence-corrected chi connectivity index (χ0v) is 19.3. The maximum atomic E-state index is 12.8. The number of nitrogens with zero attached hydrogens (tertiary/aromatic N) is 2. The van der Waals surface area contributed by atoms with Gasteiger partial charge in [0.05, 0.1) is 7.11 Å². The molecule has 0 bridgehead atoms. The van der Waals surface area contributed by atoms with Gasteiger partial charge in [-0.1, -0.05) is 42.5 Å². The summed E-state index contributed by atoms with van der Waals surface area (Å²) in [4.78, 5) is 28.8. The van der Waals surface area contributed by atoms with Crippen LogP contribution in [0.4, 0.5) is 0 Å². The molecule has 1 aromatic heterocycles. The molecule has 33 heavy (non-hydrogen) atoms. The Morgan fingerprint density at radius 1 is 1.09 bits per heavy atom. The van der Waals surface area contributed by atoms with Crippen LogP contribution in [0.5, 0.6) is 5.75 Å². The molecule has 1 aliphatic rings. The van der Waals surface area contributed by atoms with Crippen LogP contribution in [0.25, 0.3) is 17.0 Å². The summed E-state index contributed by atoms with van der Waals surface area (Å²) in [6.07, 6.45) is 5.33. The van der Waals surface area contributed by atoms with Crippen LogP contribution in [0.3, 0.4) is 0 Å². The molecule has 0 aliphatic carbocycles. The third-order valence-corrected chi connectivity index (χ3v) is 6.16. The molecular formula is C27H30N2O4. The Bertz CT molecular complexity index is 1190. The summed E-state index contributed by atoms with van der Waals surface area (Å²) in [6.45, 7) is 6.02. The minimum Gasteiger partial charge on any atom is -0.496 e. The monoisotopic (exact) mass is 446 g/mol. The second kappa shape index (κ2) is 10.5. The number of fused-ring (bicyclic) bond motifs is 1. The van der Waals surface area contributed by atoms with Crippen LogP contribution in [0.1, 0.15) is 23.1 Å². The van der Waals surface area contributed by atoms with Crippen LogP contribution >= 0.6 is 0 Å². The van der Waals surface area contributed by atoms with Gasteiger partial charge in [-0.3, -0.25) is 9.69 Å². The van der Waals surface area contributed by atoms with Gasteiger partial charge in [0, 0.05) is 56.7 Å². The van der Waals surface area contributed by atoms with Crippen LogP contribution in [0.15, 0.2) is 63.8 Å². The Balaban J connectivity index is 1.31. The number of hydrogen-bond acceptors (Lipinski definition) is 5. The number of carbonyl (C=O) groups excluding carboxylic acids is 1. The number of methoxy groups -OCH3 is 1. The van der Waals surface area contributed by atoms with Crippen molar-refractivity contribution >= 4 is 23.0 Å². The number of carbonyl (C=O) groups is 1. The largest absolute Gasteiger partial charge is 0.496 e. The lowest BCUT2D eigenvalue weighted by Crippen LogP contribution is -2.48. The second-order valence-corrected chi connectivity index (χ2v) is 8.40. The van der Waals surface area contributed by atoms with Crippen LogP contribution in [-0.2, 0) is 11.2 Å². The van der Waals surface area contributed by atoms with Crippen molar-refractivity contribution in [1.82, 2.24) is 9.80 Å². The molecular weight excluding hydrogens is 416 g/mol. The number of amides is 1. The number of aryl methyl sites for hydroxylation is 2. The molecule has 0 atom stereocenters. The van der Waals surface area contributed by atoms with Crippen molar-refractivity contribution in [2.24, 2.45) is 0 Å². The van der Waals surface area contributed by atoms with E-state index in [9.17, 15) is 9.59 Å². The SMILES string of the molecule is COc1cc2oc(=O)cc(C)c2cc1CCC(=O)N1CCN(C/C=C/c2ccccc2)CC1. The highest BCUT2D eigenvalue weighted by atomic mass is 16.5. The third kappa shape index (κ3) is 5.71. The minimum absolute atomic E-state index is 0.160. The molecule has 1 amide bonds. The van der Waals surface area contributed by atoms with Crippen molar-refractivity contribution in [2.75, 3.05) is 39.8 Å². The van der Waals surface area contributed by atoms with Gasteiger partial charge in [0.15, 0.2) is 0 Å². The molecule has 172 valence electrons. The summed E-state index contributed by atoms with van der Waals surface area (Å²) >= 11 is 0. The Labute approximate surface area is 194 Å². The number of hydrogen-bond donors (Lipinski definition) is 0. The fraction of sp³-hybridized carbons (Fsp3) is 0.333. The molecule has 0 unspecified atom stereocenters.